The zero-order chi connectivity index (χ0) is 17.3. The summed E-state index contributed by atoms with van der Waals surface area (Å²) in [7, 11) is 0. The number of rotatable bonds is 7. The van der Waals surface area contributed by atoms with Crippen LogP contribution in [0.4, 0.5) is 0 Å². The monoisotopic (exact) mass is 329 g/mol. The first-order valence-electron chi connectivity index (χ1n) is 8.77. The van der Waals surface area contributed by atoms with Gasteiger partial charge in [0.25, 0.3) is 5.91 Å². The first-order valence-corrected chi connectivity index (χ1v) is 8.77. The van der Waals surface area contributed by atoms with E-state index in [1.165, 1.54) is 11.1 Å². The van der Waals surface area contributed by atoms with Crippen molar-refractivity contribution in [2.45, 2.75) is 19.3 Å². The Kier molecular flexibility index (Phi) is 6.00. The van der Waals surface area contributed by atoms with E-state index in [2.05, 4.69) is 47.8 Å². The molecule has 0 aliphatic carbocycles. The number of amides is 1. The largest absolute Gasteiger partial charge is 0.352 e. The van der Waals surface area contributed by atoms with Gasteiger partial charge in [-0.25, -0.2) is 0 Å². The van der Waals surface area contributed by atoms with Crippen LogP contribution in [0.5, 0.6) is 0 Å². The number of hydrogen-bond donors (Lipinski definition) is 1. The Balaban J connectivity index is 1.58. The molecule has 0 saturated heterocycles. The summed E-state index contributed by atoms with van der Waals surface area (Å²) < 4.78 is 0. The minimum atomic E-state index is 0.0135. The molecule has 0 heterocycles. The summed E-state index contributed by atoms with van der Waals surface area (Å²) in [6.45, 7) is 0.649. The highest BCUT2D eigenvalue weighted by atomic mass is 16.1. The van der Waals surface area contributed by atoms with Crippen LogP contribution in [0.2, 0.25) is 0 Å². The Labute approximate surface area is 149 Å². The molecule has 0 bridgehead atoms. The third-order valence-corrected chi connectivity index (χ3v) is 4.33. The predicted octanol–water partition coefficient (Wildman–Crippen LogP) is 4.44. The van der Waals surface area contributed by atoms with Crippen LogP contribution in [0.25, 0.3) is 0 Å². The van der Waals surface area contributed by atoms with Crippen LogP contribution in [0.15, 0.2) is 84.9 Å². The molecule has 0 atom stereocenters. The van der Waals surface area contributed by atoms with Gasteiger partial charge in [0, 0.05) is 12.1 Å². The van der Waals surface area contributed by atoms with E-state index in [-0.39, 0.29) is 5.91 Å². The molecular formula is C23H23NO. The maximum absolute atomic E-state index is 12.6. The fourth-order valence-electron chi connectivity index (χ4n) is 2.94. The number of carbonyl (C=O) groups is 1. The summed E-state index contributed by atoms with van der Waals surface area (Å²) in [5.41, 5.74) is 4.41. The summed E-state index contributed by atoms with van der Waals surface area (Å²) in [6, 6.07) is 28.5. The minimum absolute atomic E-state index is 0.0135. The molecule has 1 amide bonds. The van der Waals surface area contributed by atoms with Crippen molar-refractivity contribution >= 4 is 5.91 Å². The average Bonchev–Trinajstić information content (AvgIpc) is 2.68. The first-order chi connectivity index (χ1) is 12.3. The lowest BCUT2D eigenvalue weighted by molar-refractivity contribution is 0.0953. The highest BCUT2D eigenvalue weighted by Crippen LogP contribution is 2.13. The first kappa shape index (κ1) is 17.0. The second-order valence-corrected chi connectivity index (χ2v) is 6.13. The lowest BCUT2D eigenvalue weighted by Crippen LogP contribution is -2.26. The van der Waals surface area contributed by atoms with Crippen molar-refractivity contribution in [3.63, 3.8) is 0 Å². The summed E-state index contributed by atoms with van der Waals surface area (Å²) in [4.78, 5) is 12.6. The van der Waals surface area contributed by atoms with Crippen LogP contribution in [-0.2, 0) is 19.3 Å². The van der Waals surface area contributed by atoms with E-state index in [9.17, 15) is 4.79 Å². The summed E-state index contributed by atoms with van der Waals surface area (Å²) >= 11 is 0. The quantitative estimate of drug-likeness (QED) is 0.682. The number of nitrogens with one attached hydrogen (secondary N) is 1. The van der Waals surface area contributed by atoms with Crippen molar-refractivity contribution in [2.75, 3.05) is 6.54 Å². The molecule has 25 heavy (non-hydrogen) atoms. The van der Waals surface area contributed by atoms with E-state index in [1.54, 1.807) is 0 Å². The van der Waals surface area contributed by atoms with Crippen molar-refractivity contribution in [3.8, 4) is 0 Å². The summed E-state index contributed by atoms with van der Waals surface area (Å²) in [6.07, 6.45) is 2.65. The topological polar surface area (TPSA) is 29.1 Å². The van der Waals surface area contributed by atoms with Crippen LogP contribution in [0.1, 0.15) is 27.0 Å². The highest BCUT2D eigenvalue weighted by Gasteiger charge is 2.10. The van der Waals surface area contributed by atoms with Gasteiger partial charge in [-0.05, 0) is 42.0 Å². The fraction of sp³-hybridized carbons (Fsp3) is 0.174. The Hall–Kier alpha value is -2.87. The van der Waals surface area contributed by atoms with E-state index in [1.807, 2.05) is 42.5 Å². The minimum Gasteiger partial charge on any atom is -0.352 e. The predicted molar refractivity (Wildman–Crippen MR) is 103 cm³/mol. The van der Waals surface area contributed by atoms with Crippen LogP contribution in [0.3, 0.4) is 0 Å². The SMILES string of the molecule is O=C(NCCc1ccccc1)c1ccccc1CCc1ccccc1. The molecule has 0 aliphatic rings. The van der Waals surface area contributed by atoms with Crippen LogP contribution in [0, 0.1) is 0 Å². The molecule has 2 nitrogen and oxygen atoms in total. The number of hydrogen-bond acceptors (Lipinski definition) is 1. The van der Waals surface area contributed by atoms with E-state index >= 15 is 0 Å². The zero-order valence-electron chi connectivity index (χ0n) is 14.3. The van der Waals surface area contributed by atoms with Gasteiger partial charge in [-0.2, -0.15) is 0 Å². The standard InChI is InChI=1S/C23H23NO/c25-23(24-18-17-20-11-5-2-6-12-20)22-14-8-7-13-21(22)16-15-19-9-3-1-4-10-19/h1-14H,15-18H2,(H,24,25). The maximum atomic E-state index is 12.6. The van der Waals surface area contributed by atoms with Crippen LogP contribution < -0.4 is 5.32 Å². The average molecular weight is 329 g/mol. The molecule has 0 unspecified atom stereocenters. The molecule has 0 spiro atoms. The van der Waals surface area contributed by atoms with Crippen molar-refractivity contribution in [2.24, 2.45) is 0 Å². The second-order valence-electron chi connectivity index (χ2n) is 6.13. The molecule has 3 rings (SSSR count). The Morgan fingerprint density at radius 2 is 1.20 bits per heavy atom. The molecular weight excluding hydrogens is 306 g/mol. The van der Waals surface area contributed by atoms with Gasteiger partial charge in [0.1, 0.15) is 0 Å². The van der Waals surface area contributed by atoms with E-state index < -0.39 is 0 Å². The van der Waals surface area contributed by atoms with Gasteiger partial charge in [0.2, 0.25) is 0 Å². The smallest absolute Gasteiger partial charge is 0.251 e. The van der Waals surface area contributed by atoms with Gasteiger partial charge in [-0.1, -0.05) is 78.9 Å². The van der Waals surface area contributed by atoms with Gasteiger partial charge in [0.15, 0.2) is 0 Å². The lowest BCUT2D eigenvalue weighted by atomic mass is 9.99. The Bertz CT molecular complexity index is 797. The van der Waals surface area contributed by atoms with Gasteiger partial charge < -0.3 is 5.32 Å². The number of aryl methyl sites for hydroxylation is 2. The molecule has 0 aliphatic heterocycles. The lowest BCUT2D eigenvalue weighted by Gasteiger charge is -2.10. The number of benzene rings is 3. The molecule has 1 N–H and O–H groups in total. The zero-order valence-corrected chi connectivity index (χ0v) is 14.3. The molecule has 0 saturated carbocycles. The molecule has 0 radical (unpaired) electrons. The van der Waals surface area contributed by atoms with Gasteiger partial charge in [-0.15, -0.1) is 0 Å². The van der Waals surface area contributed by atoms with Crippen LogP contribution in [-0.4, -0.2) is 12.5 Å². The summed E-state index contributed by atoms with van der Waals surface area (Å²) in [5.74, 6) is 0.0135. The fourth-order valence-corrected chi connectivity index (χ4v) is 2.94. The summed E-state index contributed by atoms with van der Waals surface area (Å²) in [5, 5.41) is 3.05. The maximum Gasteiger partial charge on any atom is 0.251 e. The van der Waals surface area contributed by atoms with Gasteiger partial charge in [0.05, 0.1) is 0 Å². The molecule has 0 fully saturated rings. The molecule has 3 aromatic rings. The van der Waals surface area contributed by atoms with Crippen molar-refractivity contribution < 1.29 is 4.79 Å². The van der Waals surface area contributed by atoms with Gasteiger partial charge >= 0.3 is 0 Å². The third kappa shape index (κ3) is 5.05. The van der Waals surface area contributed by atoms with Crippen molar-refractivity contribution in [1.29, 1.82) is 0 Å². The molecule has 126 valence electrons. The third-order valence-electron chi connectivity index (χ3n) is 4.33. The second kappa shape index (κ2) is 8.84. The number of carbonyl (C=O) groups excluding carboxylic acids is 1. The van der Waals surface area contributed by atoms with E-state index in [0.29, 0.717) is 6.54 Å². The van der Waals surface area contributed by atoms with E-state index in [4.69, 9.17) is 0 Å². The van der Waals surface area contributed by atoms with Crippen molar-refractivity contribution in [1.82, 2.24) is 5.32 Å². The Morgan fingerprint density at radius 3 is 1.88 bits per heavy atom. The Morgan fingerprint density at radius 1 is 0.640 bits per heavy atom. The normalized spacial score (nSPS) is 10.4. The molecule has 2 heteroatoms. The van der Waals surface area contributed by atoms with Crippen molar-refractivity contribution in [3.05, 3.63) is 107 Å². The highest BCUT2D eigenvalue weighted by molar-refractivity contribution is 5.95. The van der Waals surface area contributed by atoms with Crippen LogP contribution >= 0.6 is 0 Å². The molecule has 0 aromatic heterocycles. The molecule has 3 aromatic carbocycles. The van der Waals surface area contributed by atoms with E-state index in [0.717, 1.165) is 30.4 Å². The van der Waals surface area contributed by atoms with Gasteiger partial charge in [-0.3, -0.25) is 4.79 Å².